The Morgan fingerprint density at radius 2 is 2.13 bits per heavy atom. The number of rotatable bonds is 2. The molecule has 5 heteroatoms. The second-order valence-electron chi connectivity index (χ2n) is 6.68. The molecule has 1 aliphatic heterocycles. The lowest BCUT2D eigenvalue weighted by Crippen LogP contribution is -2.40. The number of hydrogen-bond donors (Lipinski definition) is 0. The predicted molar refractivity (Wildman–Crippen MR) is 92.0 cm³/mol. The van der Waals surface area contributed by atoms with Crippen molar-refractivity contribution in [2.45, 2.75) is 51.0 Å². The smallest absolute Gasteiger partial charge is 0.264 e. The van der Waals surface area contributed by atoms with Crippen LogP contribution in [0.25, 0.3) is 0 Å². The van der Waals surface area contributed by atoms with Crippen molar-refractivity contribution in [3.8, 4) is 0 Å². The lowest BCUT2D eigenvalue weighted by molar-refractivity contribution is 0.0684. The number of aromatic nitrogens is 2. The Bertz CT molecular complexity index is 653. The van der Waals surface area contributed by atoms with Crippen LogP contribution in [0.2, 0.25) is 0 Å². The Labute approximate surface area is 141 Å². The second-order valence-corrected chi connectivity index (χ2v) is 7.81. The Morgan fingerprint density at radius 1 is 1.22 bits per heavy atom. The zero-order valence-electron chi connectivity index (χ0n) is 13.4. The first kappa shape index (κ1) is 14.9. The van der Waals surface area contributed by atoms with Crippen molar-refractivity contribution in [3.63, 3.8) is 0 Å². The number of nitrogens with zero attached hydrogens (tertiary/aromatic N) is 3. The van der Waals surface area contributed by atoms with Gasteiger partial charge in [0.15, 0.2) is 0 Å². The number of hydrogen-bond acceptors (Lipinski definition) is 3. The molecule has 0 bridgehead atoms. The minimum absolute atomic E-state index is 0.230. The van der Waals surface area contributed by atoms with E-state index in [1.165, 1.54) is 29.7 Å². The molecule has 0 saturated carbocycles. The van der Waals surface area contributed by atoms with E-state index in [0.717, 1.165) is 43.6 Å². The van der Waals surface area contributed by atoms with E-state index < -0.39 is 0 Å². The van der Waals surface area contributed by atoms with E-state index >= 15 is 0 Å². The minimum atomic E-state index is 0.230. The zero-order chi connectivity index (χ0) is 15.6. The summed E-state index contributed by atoms with van der Waals surface area (Å²) < 4.78 is 2.14. The van der Waals surface area contributed by atoms with Crippen LogP contribution >= 0.6 is 11.3 Å². The van der Waals surface area contributed by atoms with Gasteiger partial charge in [-0.1, -0.05) is 6.42 Å². The second kappa shape index (κ2) is 6.48. The average Bonchev–Trinajstić information content (AvgIpc) is 3.21. The molecule has 2 aromatic heterocycles. The Kier molecular flexibility index (Phi) is 4.21. The maximum absolute atomic E-state index is 12.9. The SMILES string of the molecule is O=C(c1cc2c(s1)CCCCC2)N1CCCC(n2ccnc2)C1. The topological polar surface area (TPSA) is 38.1 Å². The molecule has 1 saturated heterocycles. The maximum Gasteiger partial charge on any atom is 0.264 e. The highest BCUT2D eigenvalue weighted by Crippen LogP contribution is 2.31. The normalized spacial score (nSPS) is 21.7. The van der Waals surface area contributed by atoms with E-state index in [2.05, 4.69) is 15.6 Å². The number of fused-ring (bicyclic) bond motifs is 1. The number of aryl methyl sites for hydroxylation is 2. The van der Waals surface area contributed by atoms with Gasteiger partial charge in [0.1, 0.15) is 0 Å². The van der Waals surface area contributed by atoms with Gasteiger partial charge in [-0.2, -0.15) is 0 Å². The number of imidazole rings is 1. The van der Waals surface area contributed by atoms with Crippen molar-refractivity contribution in [1.82, 2.24) is 14.5 Å². The largest absolute Gasteiger partial charge is 0.336 e. The lowest BCUT2D eigenvalue weighted by Gasteiger charge is -2.33. The van der Waals surface area contributed by atoms with Gasteiger partial charge < -0.3 is 9.47 Å². The van der Waals surface area contributed by atoms with E-state index in [4.69, 9.17) is 0 Å². The van der Waals surface area contributed by atoms with E-state index in [1.807, 2.05) is 23.6 Å². The first-order chi connectivity index (χ1) is 11.3. The summed E-state index contributed by atoms with van der Waals surface area (Å²) in [6.45, 7) is 1.68. The molecule has 23 heavy (non-hydrogen) atoms. The van der Waals surface area contributed by atoms with Crippen LogP contribution in [0.3, 0.4) is 0 Å². The van der Waals surface area contributed by atoms with Crippen LogP contribution in [-0.2, 0) is 12.8 Å². The highest BCUT2D eigenvalue weighted by Gasteiger charge is 2.27. The molecular weight excluding hydrogens is 306 g/mol. The van der Waals surface area contributed by atoms with Crippen molar-refractivity contribution >= 4 is 17.2 Å². The first-order valence-electron chi connectivity index (χ1n) is 8.69. The lowest BCUT2D eigenvalue weighted by atomic mass is 10.1. The number of amides is 1. The molecule has 122 valence electrons. The molecule has 1 amide bonds. The van der Waals surface area contributed by atoms with Crippen molar-refractivity contribution in [3.05, 3.63) is 40.1 Å². The Balaban J connectivity index is 1.50. The van der Waals surface area contributed by atoms with Gasteiger partial charge in [-0.15, -0.1) is 11.3 Å². The molecule has 0 aromatic carbocycles. The van der Waals surface area contributed by atoms with Gasteiger partial charge in [-0.3, -0.25) is 4.79 Å². The van der Waals surface area contributed by atoms with Crippen LogP contribution in [0.5, 0.6) is 0 Å². The number of carbonyl (C=O) groups is 1. The summed E-state index contributed by atoms with van der Waals surface area (Å²) in [7, 11) is 0. The fourth-order valence-electron chi connectivity index (χ4n) is 3.80. The molecule has 1 unspecified atom stereocenters. The van der Waals surface area contributed by atoms with Crippen LogP contribution in [-0.4, -0.2) is 33.4 Å². The molecule has 1 atom stereocenters. The highest BCUT2D eigenvalue weighted by atomic mass is 32.1. The summed E-state index contributed by atoms with van der Waals surface area (Å²) in [6.07, 6.45) is 14.1. The molecule has 2 aliphatic rings. The third kappa shape index (κ3) is 3.07. The molecule has 4 nitrogen and oxygen atoms in total. The van der Waals surface area contributed by atoms with Gasteiger partial charge in [-0.25, -0.2) is 4.98 Å². The minimum Gasteiger partial charge on any atom is -0.336 e. The zero-order valence-corrected chi connectivity index (χ0v) is 14.2. The number of likely N-dealkylation sites (tertiary alicyclic amines) is 1. The molecule has 0 spiro atoms. The fourth-order valence-corrected chi connectivity index (χ4v) is 5.02. The summed E-state index contributed by atoms with van der Waals surface area (Å²) in [4.78, 5) is 21.5. The summed E-state index contributed by atoms with van der Waals surface area (Å²) in [6, 6.07) is 2.54. The van der Waals surface area contributed by atoms with Gasteiger partial charge in [0.05, 0.1) is 17.2 Å². The molecule has 3 heterocycles. The summed E-state index contributed by atoms with van der Waals surface area (Å²) in [5, 5.41) is 0. The van der Waals surface area contributed by atoms with Gasteiger partial charge in [0.2, 0.25) is 0 Å². The molecule has 0 radical (unpaired) electrons. The molecule has 4 rings (SSSR count). The van der Waals surface area contributed by atoms with E-state index in [0.29, 0.717) is 6.04 Å². The predicted octanol–water partition coefficient (Wildman–Crippen LogP) is 3.69. The van der Waals surface area contributed by atoms with Crippen LogP contribution in [0, 0.1) is 0 Å². The maximum atomic E-state index is 12.9. The number of piperidine rings is 1. The van der Waals surface area contributed by atoms with Gasteiger partial charge >= 0.3 is 0 Å². The third-order valence-corrected chi connectivity index (χ3v) is 6.31. The molecule has 2 aromatic rings. The van der Waals surface area contributed by atoms with Gasteiger partial charge in [0, 0.05) is 30.4 Å². The number of thiophene rings is 1. The summed E-state index contributed by atoms with van der Waals surface area (Å²) in [5.41, 5.74) is 1.43. The van der Waals surface area contributed by atoms with Crippen molar-refractivity contribution < 1.29 is 4.79 Å². The van der Waals surface area contributed by atoms with Crippen LogP contribution in [0.1, 0.15) is 58.3 Å². The van der Waals surface area contributed by atoms with Crippen molar-refractivity contribution in [2.75, 3.05) is 13.1 Å². The standard InChI is InChI=1S/C18H23N3OS/c22-18(17-11-14-5-2-1-3-7-16(14)23-17)20-9-4-6-15(12-20)21-10-8-19-13-21/h8,10-11,13,15H,1-7,9,12H2. The average molecular weight is 329 g/mol. The monoisotopic (exact) mass is 329 g/mol. The number of carbonyl (C=O) groups excluding carboxylic acids is 1. The molecular formula is C18H23N3OS. The van der Waals surface area contributed by atoms with Crippen LogP contribution in [0.15, 0.2) is 24.8 Å². The highest BCUT2D eigenvalue weighted by molar-refractivity contribution is 7.14. The molecule has 1 aliphatic carbocycles. The van der Waals surface area contributed by atoms with Gasteiger partial charge in [0.25, 0.3) is 5.91 Å². The Hall–Kier alpha value is -1.62. The van der Waals surface area contributed by atoms with Crippen molar-refractivity contribution in [1.29, 1.82) is 0 Å². The van der Waals surface area contributed by atoms with E-state index in [-0.39, 0.29) is 5.91 Å². The quantitative estimate of drug-likeness (QED) is 0.788. The first-order valence-corrected chi connectivity index (χ1v) is 9.51. The Morgan fingerprint density at radius 3 is 3.00 bits per heavy atom. The van der Waals surface area contributed by atoms with Gasteiger partial charge in [-0.05, 0) is 50.2 Å². The fraction of sp³-hybridized carbons (Fsp3) is 0.556. The van der Waals surface area contributed by atoms with Crippen LogP contribution in [0.4, 0.5) is 0 Å². The van der Waals surface area contributed by atoms with Crippen LogP contribution < -0.4 is 0 Å². The van der Waals surface area contributed by atoms with Crippen molar-refractivity contribution in [2.24, 2.45) is 0 Å². The summed E-state index contributed by atoms with van der Waals surface area (Å²) in [5.74, 6) is 0.230. The molecule has 1 fully saturated rings. The summed E-state index contributed by atoms with van der Waals surface area (Å²) >= 11 is 1.74. The third-order valence-electron chi connectivity index (χ3n) is 5.09. The van der Waals surface area contributed by atoms with E-state index in [1.54, 1.807) is 11.3 Å². The van der Waals surface area contributed by atoms with E-state index in [9.17, 15) is 4.79 Å². The molecule has 0 N–H and O–H groups in total.